The van der Waals surface area contributed by atoms with Crippen molar-refractivity contribution in [2.75, 3.05) is 11.4 Å². The smallest absolute Gasteiger partial charge is 0.203 e. The first-order valence-electron chi connectivity index (χ1n) is 7.11. The second-order valence-electron chi connectivity index (χ2n) is 5.83. The van der Waals surface area contributed by atoms with Crippen molar-refractivity contribution in [2.45, 2.75) is 24.5 Å². The number of hydrogen-bond acceptors (Lipinski definition) is 4. The summed E-state index contributed by atoms with van der Waals surface area (Å²) in [6.07, 6.45) is 0. The molecule has 0 aromatic heterocycles. The number of benzene rings is 2. The molecule has 1 atom stereocenters. The maximum absolute atomic E-state index is 10.9. The normalized spacial score (nSPS) is 22.5. The average molecular weight is 331 g/mol. The van der Waals surface area contributed by atoms with Crippen molar-refractivity contribution in [1.29, 1.82) is 0 Å². The largest absolute Gasteiger partial charge is 0.364 e. The molecule has 2 aliphatic rings. The first-order valence-corrected chi connectivity index (χ1v) is 8.31. The topological polar surface area (TPSA) is 35.8 Å². The van der Waals surface area contributed by atoms with Crippen molar-refractivity contribution in [3.05, 3.63) is 58.1 Å². The maximum atomic E-state index is 10.9. The fraction of sp³-hybridized carbons (Fsp3) is 0.235. The molecule has 4 rings (SSSR count). The number of aliphatic imine (C=N–C) groups is 1. The number of rotatable bonds is 1. The van der Waals surface area contributed by atoms with Crippen LogP contribution < -0.4 is 4.90 Å². The SMILES string of the molecule is Cc1cc(C)c2c(c1)SC1=NC(O)(c3ccc(Cl)cc3)CN12. The van der Waals surface area contributed by atoms with Crippen molar-refractivity contribution in [3.63, 3.8) is 0 Å². The third kappa shape index (κ3) is 2.06. The molecule has 1 unspecified atom stereocenters. The third-order valence-corrected chi connectivity index (χ3v) is 5.35. The zero-order valence-corrected chi connectivity index (χ0v) is 13.9. The van der Waals surface area contributed by atoms with E-state index in [0.717, 1.165) is 10.7 Å². The molecule has 5 heteroatoms. The molecule has 0 radical (unpaired) electrons. The van der Waals surface area contributed by atoms with Gasteiger partial charge in [-0.1, -0.05) is 29.8 Å². The summed E-state index contributed by atoms with van der Waals surface area (Å²) in [6, 6.07) is 11.6. The van der Waals surface area contributed by atoms with Gasteiger partial charge in [-0.15, -0.1) is 0 Å². The molecule has 0 bridgehead atoms. The number of aliphatic hydroxyl groups is 1. The molecule has 0 fully saturated rings. The molecule has 22 heavy (non-hydrogen) atoms. The molecule has 2 aromatic rings. The molecule has 3 nitrogen and oxygen atoms in total. The van der Waals surface area contributed by atoms with Gasteiger partial charge in [-0.2, -0.15) is 0 Å². The van der Waals surface area contributed by atoms with Crippen molar-refractivity contribution < 1.29 is 5.11 Å². The van der Waals surface area contributed by atoms with Crippen LogP contribution in [0.5, 0.6) is 0 Å². The van der Waals surface area contributed by atoms with Crippen molar-refractivity contribution >= 4 is 34.2 Å². The van der Waals surface area contributed by atoms with Gasteiger partial charge in [0.15, 0.2) is 5.17 Å². The molecule has 0 spiro atoms. The third-order valence-electron chi connectivity index (χ3n) is 4.08. The molecule has 2 heterocycles. The molecule has 0 saturated carbocycles. The molecular weight excluding hydrogens is 316 g/mol. The van der Waals surface area contributed by atoms with Crippen molar-refractivity contribution in [3.8, 4) is 0 Å². The highest BCUT2D eigenvalue weighted by molar-refractivity contribution is 8.14. The minimum atomic E-state index is -1.21. The Morgan fingerprint density at radius 1 is 1.23 bits per heavy atom. The van der Waals surface area contributed by atoms with Crippen LogP contribution in [0.2, 0.25) is 5.02 Å². The van der Waals surface area contributed by atoms with Gasteiger partial charge in [0, 0.05) is 15.5 Å². The van der Waals surface area contributed by atoms with Gasteiger partial charge in [0.25, 0.3) is 0 Å². The van der Waals surface area contributed by atoms with E-state index in [-0.39, 0.29) is 0 Å². The minimum absolute atomic E-state index is 0.438. The van der Waals surface area contributed by atoms with E-state index < -0.39 is 5.72 Å². The number of halogens is 1. The van der Waals surface area contributed by atoms with Crippen LogP contribution in [0.1, 0.15) is 16.7 Å². The van der Waals surface area contributed by atoms with Gasteiger partial charge in [-0.3, -0.25) is 0 Å². The highest BCUT2D eigenvalue weighted by Gasteiger charge is 2.44. The maximum Gasteiger partial charge on any atom is 0.203 e. The lowest BCUT2D eigenvalue weighted by molar-refractivity contribution is 0.0647. The number of thioether (sulfide) groups is 1. The van der Waals surface area contributed by atoms with E-state index in [1.165, 1.54) is 21.7 Å². The lowest BCUT2D eigenvalue weighted by atomic mass is 10.0. The Kier molecular flexibility index (Phi) is 3.05. The van der Waals surface area contributed by atoms with Crippen LogP contribution in [0.25, 0.3) is 0 Å². The summed E-state index contributed by atoms with van der Waals surface area (Å²) in [4.78, 5) is 7.92. The molecular formula is C17H15ClN2OS. The Labute approximate surface area is 138 Å². The van der Waals surface area contributed by atoms with E-state index in [9.17, 15) is 5.11 Å². The minimum Gasteiger partial charge on any atom is -0.364 e. The van der Waals surface area contributed by atoms with Gasteiger partial charge >= 0.3 is 0 Å². The zero-order chi connectivity index (χ0) is 15.5. The van der Waals surface area contributed by atoms with Crippen molar-refractivity contribution in [2.24, 2.45) is 4.99 Å². The second-order valence-corrected chi connectivity index (χ2v) is 7.28. The van der Waals surface area contributed by atoms with Crippen LogP contribution in [0.3, 0.4) is 0 Å². The molecule has 0 amide bonds. The number of fused-ring (bicyclic) bond motifs is 3. The number of aryl methyl sites for hydroxylation is 2. The summed E-state index contributed by atoms with van der Waals surface area (Å²) in [5.74, 6) is 0. The Morgan fingerprint density at radius 3 is 2.68 bits per heavy atom. The predicted octanol–water partition coefficient (Wildman–Crippen LogP) is 4.08. The molecule has 0 saturated heterocycles. The number of hydrogen-bond donors (Lipinski definition) is 1. The fourth-order valence-corrected chi connectivity index (χ4v) is 4.51. The van der Waals surface area contributed by atoms with Crippen molar-refractivity contribution in [1.82, 2.24) is 0 Å². The fourth-order valence-electron chi connectivity index (χ4n) is 3.11. The summed E-state index contributed by atoms with van der Waals surface area (Å²) >= 11 is 7.56. The standard InChI is InChI=1S/C17H15ClN2OS/c1-10-7-11(2)15-14(8-10)22-16-19-17(21,9-20(15)16)12-3-5-13(18)6-4-12/h3-8,21H,9H2,1-2H3. The average Bonchev–Trinajstić information content (AvgIpc) is 2.92. The van der Waals surface area contributed by atoms with E-state index in [2.05, 4.69) is 35.9 Å². The molecule has 112 valence electrons. The predicted molar refractivity (Wildman–Crippen MR) is 91.9 cm³/mol. The van der Waals surface area contributed by atoms with E-state index in [1.54, 1.807) is 23.9 Å². The lowest BCUT2D eigenvalue weighted by Gasteiger charge is -2.23. The summed E-state index contributed by atoms with van der Waals surface area (Å²) < 4.78 is 0. The summed E-state index contributed by atoms with van der Waals surface area (Å²) in [5, 5.41) is 12.5. The van der Waals surface area contributed by atoms with Crippen LogP contribution in [-0.2, 0) is 5.72 Å². The van der Waals surface area contributed by atoms with Gasteiger partial charge in [0.2, 0.25) is 5.72 Å². The summed E-state index contributed by atoms with van der Waals surface area (Å²) in [5.41, 5.74) is 3.19. The molecule has 2 aromatic carbocycles. The van der Waals surface area contributed by atoms with E-state index in [0.29, 0.717) is 11.6 Å². The van der Waals surface area contributed by atoms with Gasteiger partial charge in [-0.05, 0) is 54.9 Å². The van der Waals surface area contributed by atoms with Gasteiger partial charge in [-0.25, -0.2) is 4.99 Å². The van der Waals surface area contributed by atoms with Crippen LogP contribution in [0.15, 0.2) is 46.3 Å². The molecule has 1 N–H and O–H groups in total. The number of anilines is 1. The Hall–Kier alpha value is -1.49. The van der Waals surface area contributed by atoms with Gasteiger partial charge in [0.05, 0.1) is 12.2 Å². The highest BCUT2D eigenvalue weighted by atomic mass is 35.5. The molecule has 2 aliphatic heterocycles. The summed E-state index contributed by atoms with van der Waals surface area (Å²) in [7, 11) is 0. The first kappa shape index (κ1) is 14.1. The second kappa shape index (κ2) is 4.75. The van der Waals surface area contributed by atoms with E-state index in [1.807, 2.05) is 12.1 Å². The zero-order valence-electron chi connectivity index (χ0n) is 12.3. The van der Waals surface area contributed by atoms with E-state index in [4.69, 9.17) is 11.6 Å². The summed E-state index contributed by atoms with van der Waals surface area (Å²) in [6.45, 7) is 4.64. The van der Waals surface area contributed by atoms with Gasteiger partial charge in [0.1, 0.15) is 0 Å². The van der Waals surface area contributed by atoms with Crippen LogP contribution >= 0.6 is 23.4 Å². The van der Waals surface area contributed by atoms with Crippen LogP contribution in [0, 0.1) is 13.8 Å². The Balaban J connectivity index is 1.75. The van der Waals surface area contributed by atoms with Crippen LogP contribution in [0.4, 0.5) is 5.69 Å². The Morgan fingerprint density at radius 2 is 1.95 bits per heavy atom. The molecule has 0 aliphatic carbocycles. The van der Waals surface area contributed by atoms with Crippen LogP contribution in [-0.4, -0.2) is 16.8 Å². The lowest BCUT2D eigenvalue weighted by Crippen LogP contribution is -2.32. The van der Waals surface area contributed by atoms with E-state index >= 15 is 0 Å². The Bertz CT molecular complexity index is 803. The first-order chi connectivity index (χ1) is 10.5. The van der Waals surface area contributed by atoms with Gasteiger partial charge < -0.3 is 10.0 Å². The highest BCUT2D eigenvalue weighted by Crippen LogP contribution is 2.48. The number of amidine groups is 1. The quantitative estimate of drug-likeness (QED) is 0.855. The monoisotopic (exact) mass is 330 g/mol. The number of nitrogens with zero attached hydrogens (tertiary/aromatic N) is 2.